The van der Waals surface area contributed by atoms with Gasteiger partial charge in [-0.3, -0.25) is 0 Å². The van der Waals surface area contributed by atoms with Crippen molar-refractivity contribution in [1.29, 1.82) is 0 Å². The summed E-state index contributed by atoms with van der Waals surface area (Å²) >= 11 is 0. The van der Waals surface area contributed by atoms with Crippen molar-refractivity contribution < 1.29 is 23.4 Å². The smallest absolute Gasteiger partial charge is 0.329 e. The highest BCUT2D eigenvalue weighted by atomic mass is 19.3. The van der Waals surface area contributed by atoms with E-state index in [1.165, 1.54) is 0 Å². The molecule has 0 saturated carbocycles. The van der Waals surface area contributed by atoms with Gasteiger partial charge < -0.3 is 19.6 Å². The van der Waals surface area contributed by atoms with Gasteiger partial charge in [0.25, 0.3) is 5.92 Å². The van der Waals surface area contributed by atoms with E-state index in [0.717, 1.165) is 13.0 Å². The number of piperidine rings is 1. The number of carbonyl (C=O) groups is 1. The fourth-order valence-corrected chi connectivity index (χ4v) is 4.02. The summed E-state index contributed by atoms with van der Waals surface area (Å²) < 4.78 is 34.1. The number of fused-ring (bicyclic) bond motifs is 1. The Bertz CT molecular complexity index is 738. The molecule has 148 valence electrons. The highest BCUT2D eigenvalue weighted by molar-refractivity contribution is 5.68. The van der Waals surface area contributed by atoms with E-state index in [-0.39, 0.29) is 37.3 Å². The molecule has 1 atom stereocenters. The molecule has 0 unspecified atom stereocenters. The summed E-state index contributed by atoms with van der Waals surface area (Å²) in [4.78, 5) is 23.6. The Morgan fingerprint density at radius 1 is 1.26 bits per heavy atom. The third-order valence-corrected chi connectivity index (χ3v) is 5.77. The van der Waals surface area contributed by atoms with Crippen LogP contribution in [0.15, 0.2) is 0 Å². The third kappa shape index (κ3) is 3.44. The van der Waals surface area contributed by atoms with Crippen LogP contribution in [0.3, 0.4) is 0 Å². The number of alkyl halides is 2. The number of aliphatic carboxylic acids is 1. The van der Waals surface area contributed by atoms with E-state index >= 15 is 0 Å². The molecule has 27 heavy (non-hydrogen) atoms. The van der Waals surface area contributed by atoms with Crippen molar-refractivity contribution in [3.05, 3.63) is 11.3 Å². The van der Waals surface area contributed by atoms with Crippen LogP contribution in [0.1, 0.15) is 43.9 Å². The quantitative estimate of drug-likeness (QED) is 0.836. The Balaban J connectivity index is 1.57. The topological polar surface area (TPSA) is 78.8 Å². The fraction of sp³-hybridized carbons (Fsp3) is 0.722. The van der Waals surface area contributed by atoms with Gasteiger partial charge in [-0.05, 0) is 32.6 Å². The van der Waals surface area contributed by atoms with Gasteiger partial charge >= 0.3 is 5.97 Å². The van der Waals surface area contributed by atoms with Crippen molar-refractivity contribution in [1.82, 2.24) is 9.97 Å². The van der Waals surface area contributed by atoms with E-state index in [1.54, 1.807) is 0 Å². The highest BCUT2D eigenvalue weighted by Gasteiger charge is 2.45. The first kappa shape index (κ1) is 18.3. The number of nitrogens with zero attached hydrogens (tertiary/aromatic N) is 4. The van der Waals surface area contributed by atoms with Crippen molar-refractivity contribution in [3.8, 4) is 0 Å². The lowest BCUT2D eigenvalue weighted by molar-refractivity contribution is -0.144. The van der Waals surface area contributed by atoms with Crippen LogP contribution in [-0.4, -0.2) is 59.4 Å². The SMILES string of the molecule is C[C@H]1CCN1c1nc(N2CCC(OCC(=O)O)CC2)c2c(n1)C(F)(F)CC2. The molecule has 1 aliphatic carbocycles. The van der Waals surface area contributed by atoms with Crippen LogP contribution >= 0.6 is 0 Å². The first-order valence-corrected chi connectivity index (χ1v) is 9.49. The van der Waals surface area contributed by atoms with Crippen molar-refractivity contribution >= 4 is 17.7 Å². The van der Waals surface area contributed by atoms with Gasteiger partial charge in [0.2, 0.25) is 5.95 Å². The van der Waals surface area contributed by atoms with Gasteiger partial charge in [0.1, 0.15) is 18.1 Å². The molecular formula is C18H24F2N4O3. The summed E-state index contributed by atoms with van der Waals surface area (Å²) in [6.07, 6.45) is 2.25. The number of carboxylic acid groups (broad SMARTS) is 1. The average Bonchev–Trinajstić information content (AvgIpc) is 2.94. The zero-order chi connectivity index (χ0) is 19.2. The molecule has 2 saturated heterocycles. The fourth-order valence-electron chi connectivity index (χ4n) is 4.02. The molecule has 9 heteroatoms. The lowest BCUT2D eigenvalue weighted by Gasteiger charge is -2.40. The van der Waals surface area contributed by atoms with Crippen molar-refractivity contribution in [2.24, 2.45) is 0 Å². The zero-order valence-electron chi connectivity index (χ0n) is 15.3. The second-order valence-electron chi connectivity index (χ2n) is 7.60. The number of carboxylic acids is 1. The van der Waals surface area contributed by atoms with Crippen LogP contribution in [0.4, 0.5) is 20.5 Å². The number of halogens is 2. The van der Waals surface area contributed by atoms with E-state index in [0.29, 0.717) is 43.3 Å². The number of hydrogen-bond donors (Lipinski definition) is 1. The van der Waals surface area contributed by atoms with Gasteiger partial charge in [0.05, 0.1) is 6.10 Å². The first-order chi connectivity index (χ1) is 12.8. The van der Waals surface area contributed by atoms with Crippen LogP contribution < -0.4 is 9.80 Å². The van der Waals surface area contributed by atoms with Crippen LogP contribution in [0.2, 0.25) is 0 Å². The maximum Gasteiger partial charge on any atom is 0.329 e. The maximum atomic E-state index is 14.4. The van der Waals surface area contributed by atoms with Gasteiger partial charge in [0.15, 0.2) is 0 Å². The maximum absolute atomic E-state index is 14.4. The standard InChI is InChI=1S/C18H24F2N4O3/c1-11-3-9-24(11)17-21-15-13(2-6-18(15,19)20)16(22-17)23-7-4-12(5-8-23)27-10-14(25)26/h11-12H,2-10H2,1H3,(H,25,26)/t11-/m0/s1. The van der Waals surface area contributed by atoms with Crippen LogP contribution in [-0.2, 0) is 21.9 Å². The van der Waals surface area contributed by atoms with E-state index in [4.69, 9.17) is 9.84 Å². The van der Waals surface area contributed by atoms with Gasteiger partial charge in [-0.2, -0.15) is 13.8 Å². The second-order valence-corrected chi connectivity index (χ2v) is 7.60. The van der Waals surface area contributed by atoms with Gasteiger partial charge in [0, 0.05) is 37.7 Å². The third-order valence-electron chi connectivity index (χ3n) is 5.77. The normalized spacial score (nSPS) is 24.6. The Kier molecular flexibility index (Phi) is 4.65. The van der Waals surface area contributed by atoms with Gasteiger partial charge in [-0.25, -0.2) is 9.78 Å². The highest BCUT2D eigenvalue weighted by Crippen LogP contribution is 2.45. The van der Waals surface area contributed by atoms with E-state index in [1.807, 2.05) is 16.7 Å². The summed E-state index contributed by atoms with van der Waals surface area (Å²) in [5, 5.41) is 8.73. The molecule has 3 heterocycles. The molecule has 0 aromatic carbocycles. The summed E-state index contributed by atoms with van der Waals surface area (Å²) in [5.41, 5.74) is 0.438. The summed E-state index contributed by atoms with van der Waals surface area (Å²) in [7, 11) is 0. The predicted octanol–water partition coefficient (Wildman–Crippen LogP) is 2.18. The lowest BCUT2D eigenvalue weighted by Crippen LogP contribution is -2.47. The van der Waals surface area contributed by atoms with Crippen LogP contribution in [0.5, 0.6) is 0 Å². The molecule has 1 N–H and O–H groups in total. The van der Waals surface area contributed by atoms with E-state index in [9.17, 15) is 13.6 Å². The number of rotatable bonds is 5. The average molecular weight is 382 g/mol. The Hall–Kier alpha value is -2.03. The number of ether oxygens (including phenoxy) is 1. The van der Waals surface area contributed by atoms with Gasteiger partial charge in [-0.15, -0.1) is 0 Å². The van der Waals surface area contributed by atoms with Crippen molar-refractivity contribution in [3.63, 3.8) is 0 Å². The monoisotopic (exact) mass is 382 g/mol. The molecule has 0 amide bonds. The molecule has 0 bridgehead atoms. The van der Waals surface area contributed by atoms with Crippen molar-refractivity contribution in [2.45, 2.75) is 57.1 Å². The molecular weight excluding hydrogens is 358 g/mol. The number of aromatic nitrogens is 2. The minimum atomic E-state index is -2.90. The largest absolute Gasteiger partial charge is 0.480 e. The number of anilines is 2. The number of hydrogen-bond acceptors (Lipinski definition) is 6. The van der Waals surface area contributed by atoms with Gasteiger partial charge in [-0.1, -0.05) is 0 Å². The minimum absolute atomic E-state index is 0.120. The molecule has 0 spiro atoms. The van der Waals surface area contributed by atoms with Crippen molar-refractivity contribution in [2.75, 3.05) is 36.0 Å². The summed E-state index contributed by atoms with van der Waals surface area (Å²) in [6.45, 7) is 3.73. The molecule has 4 rings (SSSR count). The summed E-state index contributed by atoms with van der Waals surface area (Å²) in [6, 6.07) is 0.265. The molecule has 0 radical (unpaired) electrons. The van der Waals surface area contributed by atoms with Crippen LogP contribution in [0, 0.1) is 0 Å². The molecule has 2 aliphatic heterocycles. The Labute approximate surface area is 156 Å². The van der Waals surface area contributed by atoms with Crippen LogP contribution in [0.25, 0.3) is 0 Å². The van der Waals surface area contributed by atoms with E-state index < -0.39 is 11.9 Å². The lowest BCUT2D eigenvalue weighted by atomic mass is 10.1. The molecule has 1 aromatic heterocycles. The Morgan fingerprint density at radius 2 is 2.00 bits per heavy atom. The Morgan fingerprint density at radius 3 is 2.59 bits per heavy atom. The second kappa shape index (κ2) is 6.85. The predicted molar refractivity (Wildman–Crippen MR) is 94.5 cm³/mol. The molecule has 2 fully saturated rings. The first-order valence-electron chi connectivity index (χ1n) is 9.49. The van der Waals surface area contributed by atoms with E-state index in [2.05, 4.69) is 9.97 Å². The zero-order valence-corrected chi connectivity index (χ0v) is 15.3. The molecule has 7 nitrogen and oxygen atoms in total. The minimum Gasteiger partial charge on any atom is -0.480 e. The summed E-state index contributed by atoms with van der Waals surface area (Å²) in [5.74, 6) is -2.88. The molecule has 3 aliphatic rings. The molecule has 1 aromatic rings.